The van der Waals surface area contributed by atoms with Gasteiger partial charge in [0.15, 0.2) is 11.5 Å². The number of aromatic nitrogens is 4. The van der Waals surface area contributed by atoms with Gasteiger partial charge in [0, 0.05) is 38.9 Å². The summed E-state index contributed by atoms with van der Waals surface area (Å²) < 4.78 is 14.2. The molecule has 0 aliphatic rings. The maximum absolute atomic E-state index is 6.25. The molecule has 0 radical (unpaired) electrons. The van der Waals surface area contributed by atoms with E-state index in [1.807, 2.05) is 48.5 Å². The molecule has 3 aromatic carbocycles. The zero-order valence-electron chi connectivity index (χ0n) is 18.7. The van der Waals surface area contributed by atoms with Crippen LogP contribution in [0, 0.1) is 0 Å². The number of methoxy groups -OCH3 is 1. The highest BCUT2D eigenvalue weighted by atomic mass is 79.9. The third-order valence-electron chi connectivity index (χ3n) is 5.00. The van der Waals surface area contributed by atoms with Crippen LogP contribution in [0.3, 0.4) is 0 Å². The summed E-state index contributed by atoms with van der Waals surface area (Å²) in [7, 11) is 1.62. The predicted octanol–water partition coefficient (Wildman–Crippen LogP) is 6.20. The number of benzene rings is 3. The summed E-state index contributed by atoms with van der Waals surface area (Å²) in [6.07, 6.45) is 0. The van der Waals surface area contributed by atoms with Gasteiger partial charge in [0.25, 0.3) is 0 Å². The van der Waals surface area contributed by atoms with Crippen LogP contribution in [0.1, 0.15) is 11.1 Å². The Labute approximate surface area is 226 Å². The molecular formula is C24H22BrCl2N5O2S. The Bertz CT molecular complexity index is 1280. The highest BCUT2D eigenvalue weighted by molar-refractivity contribution is 9.10. The summed E-state index contributed by atoms with van der Waals surface area (Å²) in [5.74, 6) is 2.08. The van der Waals surface area contributed by atoms with E-state index in [0.29, 0.717) is 34.7 Å². The summed E-state index contributed by atoms with van der Waals surface area (Å²) in [5.41, 5.74) is 2.83. The first-order valence-corrected chi connectivity index (χ1v) is 13.2. The van der Waals surface area contributed by atoms with Crippen molar-refractivity contribution in [3.63, 3.8) is 0 Å². The molecule has 0 unspecified atom stereocenters. The number of halogens is 3. The van der Waals surface area contributed by atoms with Gasteiger partial charge >= 0.3 is 0 Å². The molecule has 1 heterocycles. The monoisotopic (exact) mass is 593 g/mol. The second-order valence-corrected chi connectivity index (χ2v) is 10.1. The Morgan fingerprint density at radius 2 is 1.86 bits per heavy atom. The number of thioether (sulfide) groups is 1. The van der Waals surface area contributed by atoms with E-state index in [2.05, 4.69) is 36.8 Å². The van der Waals surface area contributed by atoms with Crippen molar-refractivity contribution in [3.05, 3.63) is 86.3 Å². The van der Waals surface area contributed by atoms with E-state index < -0.39 is 0 Å². The summed E-state index contributed by atoms with van der Waals surface area (Å²) in [6.45, 7) is 1.73. The fraction of sp³-hybridized carbons (Fsp3) is 0.208. The van der Waals surface area contributed by atoms with E-state index in [-0.39, 0.29) is 0 Å². The maximum atomic E-state index is 6.25. The lowest BCUT2D eigenvalue weighted by molar-refractivity contribution is 0.284. The molecule has 1 N–H and O–H groups in total. The lowest BCUT2D eigenvalue weighted by Gasteiger charge is -2.15. The number of rotatable bonds is 11. The molecule has 0 aliphatic carbocycles. The molecule has 0 aliphatic heterocycles. The fourth-order valence-corrected chi connectivity index (χ4v) is 4.93. The topological polar surface area (TPSA) is 74.1 Å². The lowest BCUT2D eigenvalue weighted by Crippen LogP contribution is -2.17. The van der Waals surface area contributed by atoms with Crippen LogP contribution in [0.2, 0.25) is 10.0 Å². The van der Waals surface area contributed by atoms with Crippen molar-refractivity contribution in [1.29, 1.82) is 0 Å². The third-order valence-corrected chi connectivity index (χ3v) is 7.24. The molecule has 1 aromatic heterocycles. The zero-order valence-corrected chi connectivity index (χ0v) is 22.7. The second-order valence-electron chi connectivity index (χ2n) is 7.35. The summed E-state index contributed by atoms with van der Waals surface area (Å²) in [4.78, 5) is 0. The largest absolute Gasteiger partial charge is 0.493 e. The fourth-order valence-electron chi connectivity index (χ4n) is 3.22. The number of hydrogen-bond donors (Lipinski definition) is 1. The molecule has 182 valence electrons. The summed E-state index contributed by atoms with van der Waals surface area (Å²) in [6, 6.07) is 19.0. The number of para-hydroxylation sites is 1. The normalized spacial score (nSPS) is 11.0. The predicted molar refractivity (Wildman–Crippen MR) is 143 cm³/mol. The molecule has 4 aromatic rings. The van der Waals surface area contributed by atoms with Gasteiger partial charge in [-0.2, -0.15) is 4.68 Å². The maximum Gasteiger partial charge on any atom is 0.214 e. The van der Waals surface area contributed by atoms with E-state index >= 15 is 0 Å². The first-order chi connectivity index (χ1) is 17.0. The average molecular weight is 595 g/mol. The Morgan fingerprint density at radius 3 is 2.63 bits per heavy atom. The SMILES string of the molecule is COc1cc(CNCCSc2nnnn2-c2ccccc2)c(Br)cc1OCc1ccc(Cl)cc1Cl. The highest BCUT2D eigenvalue weighted by Crippen LogP contribution is 2.34. The third kappa shape index (κ3) is 6.89. The van der Waals surface area contributed by atoms with Crippen molar-refractivity contribution in [2.75, 3.05) is 19.4 Å². The Morgan fingerprint density at radius 1 is 1.03 bits per heavy atom. The van der Waals surface area contributed by atoms with Crippen LogP contribution in [0.15, 0.2) is 70.3 Å². The molecule has 0 fully saturated rings. The molecule has 0 bridgehead atoms. The first kappa shape index (κ1) is 25.8. The molecular weight excluding hydrogens is 573 g/mol. The number of nitrogens with zero attached hydrogens (tertiary/aromatic N) is 4. The first-order valence-electron chi connectivity index (χ1n) is 10.7. The van der Waals surface area contributed by atoms with Crippen LogP contribution in [0.5, 0.6) is 11.5 Å². The number of tetrazole rings is 1. The van der Waals surface area contributed by atoms with Gasteiger partial charge in [-0.1, -0.05) is 75.2 Å². The van der Waals surface area contributed by atoms with E-state index in [1.165, 1.54) is 0 Å². The zero-order chi connectivity index (χ0) is 24.6. The summed E-state index contributed by atoms with van der Waals surface area (Å²) in [5, 5.41) is 17.4. The van der Waals surface area contributed by atoms with Crippen LogP contribution >= 0.6 is 50.9 Å². The van der Waals surface area contributed by atoms with Gasteiger partial charge in [0.1, 0.15) is 6.61 Å². The molecule has 35 heavy (non-hydrogen) atoms. The van der Waals surface area contributed by atoms with Crippen LogP contribution in [0.4, 0.5) is 0 Å². The minimum absolute atomic E-state index is 0.302. The highest BCUT2D eigenvalue weighted by Gasteiger charge is 2.12. The Hall–Kier alpha value is -2.30. The van der Waals surface area contributed by atoms with E-state index in [4.69, 9.17) is 32.7 Å². The quantitative estimate of drug-likeness (QED) is 0.164. The minimum Gasteiger partial charge on any atom is -0.493 e. The van der Waals surface area contributed by atoms with Crippen LogP contribution in [-0.4, -0.2) is 39.6 Å². The molecule has 0 atom stereocenters. The Balaban J connectivity index is 1.30. The smallest absolute Gasteiger partial charge is 0.214 e. The minimum atomic E-state index is 0.302. The Kier molecular flexibility index (Phi) is 9.28. The van der Waals surface area contributed by atoms with Crippen molar-refractivity contribution in [2.24, 2.45) is 0 Å². The molecule has 4 rings (SSSR count). The second kappa shape index (κ2) is 12.6. The standard InChI is InChI=1S/C24H22BrCl2N5O2S/c1-33-22-11-17(20(25)13-23(22)34-15-16-7-8-18(26)12-21(16)27)14-28-9-10-35-24-29-30-31-32(24)19-5-3-2-4-6-19/h2-8,11-13,28H,9-10,14-15H2,1H3. The molecule has 11 heteroatoms. The van der Waals surface area contributed by atoms with Crippen molar-refractivity contribution in [2.45, 2.75) is 18.3 Å². The summed E-state index contributed by atoms with van der Waals surface area (Å²) >= 11 is 17.5. The van der Waals surface area contributed by atoms with E-state index in [1.54, 1.807) is 35.7 Å². The average Bonchev–Trinajstić information content (AvgIpc) is 3.33. The van der Waals surface area contributed by atoms with Crippen LogP contribution < -0.4 is 14.8 Å². The van der Waals surface area contributed by atoms with Crippen LogP contribution in [-0.2, 0) is 13.2 Å². The number of hydrogen-bond acceptors (Lipinski definition) is 7. The molecule has 7 nitrogen and oxygen atoms in total. The van der Waals surface area contributed by atoms with Gasteiger partial charge < -0.3 is 14.8 Å². The van der Waals surface area contributed by atoms with Gasteiger partial charge in [-0.15, -0.1) is 5.10 Å². The van der Waals surface area contributed by atoms with Gasteiger partial charge in [0.05, 0.1) is 12.8 Å². The molecule has 0 saturated carbocycles. The molecule has 0 amide bonds. The van der Waals surface area contributed by atoms with Crippen LogP contribution in [0.25, 0.3) is 5.69 Å². The van der Waals surface area contributed by atoms with Gasteiger partial charge in [0.2, 0.25) is 5.16 Å². The van der Waals surface area contributed by atoms with E-state index in [9.17, 15) is 0 Å². The van der Waals surface area contributed by atoms with Crippen molar-refractivity contribution in [1.82, 2.24) is 25.5 Å². The number of ether oxygens (including phenoxy) is 2. The van der Waals surface area contributed by atoms with Gasteiger partial charge in [-0.3, -0.25) is 0 Å². The lowest BCUT2D eigenvalue weighted by atomic mass is 10.2. The van der Waals surface area contributed by atoms with Crippen molar-refractivity contribution < 1.29 is 9.47 Å². The van der Waals surface area contributed by atoms with Gasteiger partial charge in [-0.25, -0.2) is 0 Å². The molecule has 0 spiro atoms. The van der Waals surface area contributed by atoms with Crippen molar-refractivity contribution in [3.8, 4) is 17.2 Å². The number of nitrogens with one attached hydrogen (secondary N) is 1. The molecule has 0 saturated heterocycles. The van der Waals surface area contributed by atoms with E-state index in [0.717, 1.165) is 38.7 Å². The van der Waals surface area contributed by atoms with Crippen molar-refractivity contribution >= 4 is 50.9 Å². The van der Waals surface area contributed by atoms with Gasteiger partial charge in [-0.05, 0) is 52.4 Å².